The fourth-order valence-corrected chi connectivity index (χ4v) is 3.34. The molecule has 0 unspecified atom stereocenters. The van der Waals surface area contributed by atoms with Crippen LogP contribution in [-0.2, 0) is 4.74 Å². The molecule has 1 saturated heterocycles. The lowest BCUT2D eigenvalue weighted by Gasteiger charge is -2.26. The van der Waals surface area contributed by atoms with Crippen molar-refractivity contribution >= 4 is 0 Å². The Morgan fingerprint density at radius 2 is 1.68 bits per heavy atom. The maximum Gasteiger partial charge on any atom is 0.0594 e. The van der Waals surface area contributed by atoms with E-state index in [1.807, 2.05) is 0 Å². The summed E-state index contributed by atoms with van der Waals surface area (Å²) in [7, 11) is 0. The summed E-state index contributed by atoms with van der Waals surface area (Å²) in [6.07, 6.45) is 11.5. The van der Waals surface area contributed by atoms with E-state index in [0.29, 0.717) is 0 Å². The van der Waals surface area contributed by atoms with Gasteiger partial charge in [-0.2, -0.15) is 0 Å². The molecule has 0 radical (unpaired) electrons. The summed E-state index contributed by atoms with van der Waals surface area (Å²) >= 11 is 0. The number of ether oxygens (including phenoxy) is 1. The van der Waals surface area contributed by atoms with Gasteiger partial charge in [0.05, 0.1) is 13.2 Å². The highest BCUT2D eigenvalue weighted by Crippen LogP contribution is 2.24. The van der Waals surface area contributed by atoms with Gasteiger partial charge in [0, 0.05) is 13.1 Å². The average molecular weight is 268 g/mol. The van der Waals surface area contributed by atoms with Crippen molar-refractivity contribution in [1.82, 2.24) is 10.2 Å². The molecular formula is C16H32N2O. The molecule has 3 nitrogen and oxygen atoms in total. The summed E-state index contributed by atoms with van der Waals surface area (Å²) < 4.78 is 5.36. The Balaban J connectivity index is 1.41. The zero-order chi connectivity index (χ0) is 13.2. The quantitative estimate of drug-likeness (QED) is 0.567. The first-order valence-electron chi connectivity index (χ1n) is 8.46. The third kappa shape index (κ3) is 6.73. The lowest BCUT2D eigenvalue weighted by molar-refractivity contribution is 0.0374. The van der Waals surface area contributed by atoms with Crippen molar-refractivity contribution in [2.45, 2.75) is 51.4 Å². The molecule has 2 aliphatic rings. The molecule has 112 valence electrons. The second-order valence-corrected chi connectivity index (χ2v) is 6.20. The summed E-state index contributed by atoms with van der Waals surface area (Å²) in [5.74, 6) is 1.01. The van der Waals surface area contributed by atoms with Gasteiger partial charge in [0.2, 0.25) is 0 Å². The summed E-state index contributed by atoms with van der Waals surface area (Å²) in [4.78, 5) is 2.52. The molecule has 0 aromatic carbocycles. The van der Waals surface area contributed by atoms with E-state index in [0.717, 1.165) is 32.2 Å². The summed E-state index contributed by atoms with van der Waals surface area (Å²) in [5, 5.41) is 3.63. The highest BCUT2D eigenvalue weighted by atomic mass is 16.5. The molecule has 2 fully saturated rings. The van der Waals surface area contributed by atoms with Gasteiger partial charge in [-0.05, 0) is 38.4 Å². The lowest BCUT2D eigenvalue weighted by atomic mass is 9.97. The minimum atomic E-state index is 0.926. The molecule has 0 bridgehead atoms. The monoisotopic (exact) mass is 268 g/mol. The third-order valence-corrected chi connectivity index (χ3v) is 4.64. The summed E-state index contributed by atoms with van der Waals surface area (Å²) in [6.45, 7) is 7.76. The Morgan fingerprint density at radius 1 is 0.947 bits per heavy atom. The standard InChI is InChI=1S/C16H32N2O/c1-2-4-7-16(6-3-1)8-10-17-9-5-11-18-12-14-19-15-13-18/h16-17H,1-15H2. The first-order chi connectivity index (χ1) is 9.45. The molecule has 1 aliphatic carbocycles. The van der Waals surface area contributed by atoms with Crippen molar-refractivity contribution in [1.29, 1.82) is 0 Å². The van der Waals surface area contributed by atoms with Crippen LogP contribution in [0.4, 0.5) is 0 Å². The van der Waals surface area contributed by atoms with Crippen LogP contribution in [-0.4, -0.2) is 50.8 Å². The minimum Gasteiger partial charge on any atom is -0.379 e. The smallest absolute Gasteiger partial charge is 0.0594 e. The highest BCUT2D eigenvalue weighted by molar-refractivity contribution is 4.66. The molecule has 1 saturated carbocycles. The van der Waals surface area contributed by atoms with Gasteiger partial charge in [0.1, 0.15) is 0 Å². The van der Waals surface area contributed by atoms with Crippen LogP contribution in [0, 0.1) is 5.92 Å². The van der Waals surface area contributed by atoms with Crippen molar-refractivity contribution in [2.75, 3.05) is 45.9 Å². The van der Waals surface area contributed by atoms with Crippen LogP contribution in [0.15, 0.2) is 0 Å². The molecule has 0 atom stereocenters. The Labute approximate surface area is 119 Å². The van der Waals surface area contributed by atoms with Gasteiger partial charge < -0.3 is 10.1 Å². The molecule has 1 aliphatic heterocycles. The first kappa shape index (κ1) is 15.3. The van der Waals surface area contributed by atoms with Gasteiger partial charge in [-0.25, -0.2) is 0 Å². The van der Waals surface area contributed by atoms with Crippen molar-refractivity contribution < 1.29 is 4.74 Å². The average Bonchev–Trinajstić information content (AvgIpc) is 2.72. The maximum atomic E-state index is 5.36. The number of morpholine rings is 1. The van der Waals surface area contributed by atoms with Crippen LogP contribution in [0.25, 0.3) is 0 Å². The Hall–Kier alpha value is -0.120. The van der Waals surface area contributed by atoms with E-state index >= 15 is 0 Å². The van der Waals surface area contributed by atoms with Gasteiger partial charge in [-0.1, -0.05) is 38.5 Å². The van der Waals surface area contributed by atoms with E-state index in [2.05, 4.69) is 10.2 Å². The van der Waals surface area contributed by atoms with E-state index in [-0.39, 0.29) is 0 Å². The minimum absolute atomic E-state index is 0.926. The molecule has 1 heterocycles. The van der Waals surface area contributed by atoms with E-state index in [4.69, 9.17) is 4.74 Å². The van der Waals surface area contributed by atoms with Crippen LogP contribution >= 0.6 is 0 Å². The zero-order valence-electron chi connectivity index (χ0n) is 12.5. The molecule has 1 N–H and O–H groups in total. The first-order valence-corrected chi connectivity index (χ1v) is 8.46. The van der Waals surface area contributed by atoms with Gasteiger partial charge in [0.25, 0.3) is 0 Å². The Bertz CT molecular complexity index is 209. The van der Waals surface area contributed by atoms with Crippen LogP contribution in [0.3, 0.4) is 0 Å². The molecule has 3 heteroatoms. The summed E-state index contributed by atoms with van der Waals surface area (Å²) in [6, 6.07) is 0. The largest absolute Gasteiger partial charge is 0.379 e. The van der Waals surface area contributed by atoms with Crippen molar-refractivity contribution in [2.24, 2.45) is 5.92 Å². The van der Waals surface area contributed by atoms with E-state index in [1.165, 1.54) is 71.0 Å². The fraction of sp³-hybridized carbons (Fsp3) is 1.00. The zero-order valence-corrected chi connectivity index (χ0v) is 12.5. The molecular weight excluding hydrogens is 236 g/mol. The molecule has 2 rings (SSSR count). The van der Waals surface area contributed by atoms with E-state index in [9.17, 15) is 0 Å². The lowest BCUT2D eigenvalue weighted by Crippen LogP contribution is -2.37. The molecule has 0 aromatic heterocycles. The fourth-order valence-electron chi connectivity index (χ4n) is 3.34. The van der Waals surface area contributed by atoms with Crippen molar-refractivity contribution in [3.05, 3.63) is 0 Å². The van der Waals surface area contributed by atoms with Gasteiger partial charge >= 0.3 is 0 Å². The number of nitrogens with one attached hydrogen (secondary N) is 1. The third-order valence-electron chi connectivity index (χ3n) is 4.64. The number of nitrogens with zero attached hydrogens (tertiary/aromatic N) is 1. The van der Waals surface area contributed by atoms with Gasteiger partial charge in [0.15, 0.2) is 0 Å². The van der Waals surface area contributed by atoms with Gasteiger partial charge in [-0.15, -0.1) is 0 Å². The predicted molar refractivity (Wildman–Crippen MR) is 80.6 cm³/mol. The van der Waals surface area contributed by atoms with E-state index < -0.39 is 0 Å². The maximum absolute atomic E-state index is 5.36. The molecule has 19 heavy (non-hydrogen) atoms. The molecule has 0 spiro atoms. The topological polar surface area (TPSA) is 24.5 Å². The molecule has 0 amide bonds. The Morgan fingerprint density at radius 3 is 2.42 bits per heavy atom. The normalized spacial score (nSPS) is 23.4. The van der Waals surface area contributed by atoms with Crippen molar-refractivity contribution in [3.8, 4) is 0 Å². The summed E-state index contributed by atoms with van der Waals surface area (Å²) in [5.41, 5.74) is 0. The number of rotatable bonds is 7. The van der Waals surface area contributed by atoms with Crippen LogP contribution in [0.1, 0.15) is 51.4 Å². The second-order valence-electron chi connectivity index (χ2n) is 6.20. The highest BCUT2D eigenvalue weighted by Gasteiger charge is 2.12. The number of hydrogen-bond acceptors (Lipinski definition) is 3. The van der Waals surface area contributed by atoms with E-state index in [1.54, 1.807) is 0 Å². The second kappa shape index (κ2) is 9.73. The predicted octanol–water partition coefficient (Wildman–Crippen LogP) is 2.66. The molecule has 0 aromatic rings. The Kier molecular flexibility index (Phi) is 7.82. The van der Waals surface area contributed by atoms with Crippen molar-refractivity contribution in [3.63, 3.8) is 0 Å². The van der Waals surface area contributed by atoms with Crippen LogP contribution in [0.2, 0.25) is 0 Å². The van der Waals surface area contributed by atoms with Gasteiger partial charge in [-0.3, -0.25) is 4.90 Å². The van der Waals surface area contributed by atoms with Crippen LogP contribution in [0.5, 0.6) is 0 Å². The SMILES string of the molecule is C1CCCC(CCNCCCN2CCOCC2)CC1. The van der Waals surface area contributed by atoms with Crippen LogP contribution < -0.4 is 5.32 Å². The number of hydrogen-bond donors (Lipinski definition) is 1.